The lowest BCUT2D eigenvalue weighted by Crippen LogP contribution is -2.43. The molecule has 2 amide bonds. The minimum absolute atomic E-state index is 0.0132. The molecule has 3 rings (SSSR count). The van der Waals surface area contributed by atoms with E-state index in [-0.39, 0.29) is 17.7 Å². The van der Waals surface area contributed by atoms with Crippen molar-refractivity contribution in [2.45, 2.75) is 32.6 Å². The smallest absolute Gasteiger partial charge is 0.229 e. The van der Waals surface area contributed by atoms with Crippen LogP contribution in [0.4, 0.5) is 5.69 Å². The van der Waals surface area contributed by atoms with Gasteiger partial charge >= 0.3 is 0 Å². The van der Waals surface area contributed by atoms with Gasteiger partial charge in [-0.15, -0.1) is 0 Å². The molecule has 4 nitrogen and oxygen atoms in total. The van der Waals surface area contributed by atoms with Crippen molar-refractivity contribution in [3.8, 4) is 0 Å². The second kappa shape index (κ2) is 7.47. The number of nitrogens with one attached hydrogen (secondary N) is 1. The van der Waals surface area contributed by atoms with Gasteiger partial charge in [-0.25, -0.2) is 0 Å². The van der Waals surface area contributed by atoms with Crippen molar-refractivity contribution in [1.29, 1.82) is 0 Å². The minimum Gasteiger partial charge on any atom is -0.342 e. The number of fused-ring (bicyclic) bond motifs is 1. The number of hydrogen-bond acceptors (Lipinski definition) is 2. The van der Waals surface area contributed by atoms with Gasteiger partial charge < -0.3 is 10.2 Å². The molecule has 1 atom stereocenters. The van der Waals surface area contributed by atoms with E-state index in [0.717, 1.165) is 42.3 Å². The van der Waals surface area contributed by atoms with Gasteiger partial charge in [-0.3, -0.25) is 9.59 Å². The number of likely N-dealkylation sites (tertiary alicyclic amines) is 1. The molecule has 0 radical (unpaired) electrons. The van der Waals surface area contributed by atoms with Crippen LogP contribution in [-0.2, 0) is 9.59 Å². The SMILES string of the molecule is CCCC(=O)N1CCCC(C(=O)Nc2ccc3ccccc3c2)C1. The highest BCUT2D eigenvalue weighted by Gasteiger charge is 2.28. The molecule has 1 heterocycles. The van der Waals surface area contributed by atoms with E-state index in [9.17, 15) is 9.59 Å². The number of nitrogens with zero attached hydrogens (tertiary/aromatic N) is 1. The largest absolute Gasteiger partial charge is 0.342 e. The van der Waals surface area contributed by atoms with E-state index >= 15 is 0 Å². The Balaban J connectivity index is 1.65. The summed E-state index contributed by atoms with van der Waals surface area (Å²) in [6.07, 6.45) is 3.16. The molecule has 1 N–H and O–H groups in total. The first-order valence-corrected chi connectivity index (χ1v) is 8.75. The standard InChI is InChI=1S/C20H24N2O2/c1-2-6-19(23)22-12-5-9-17(14-22)20(24)21-18-11-10-15-7-3-4-8-16(15)13-18/h3-4,7-8,10-11,13,17H,2,5-6,9,12,14H2,1H3,(H,21,24). The van der Waals surface area contributed by atoms with Gasteiger partial charge in [-0.2, -0.15) is 0 Å². The Bertz CT molecular complexity index is 741. The number of hydrogen-bond donors (Lipinski definition) is 1. The number of carbonyl (C=O) groups excluding carboxylic acids is 2. The Labute approximate surface area is 142 Å². The van der Waals surface area contributed by atoms with Crippen molar-refractivity contribution >= 4 is 28.3 Å². The second-order valence-corrected chi connectivity index (χ2v) is 6.48. The number of rotatable bonds is 4. The van der Waals surface area contributed by atoms with E-state index in [1.807, 2.05) is 48.2 Å². The lowest BCUT2D eigenvalue weighted by Gasteiger charge is -2.32. The average molecular weight is 324 g/mol. The monoisotopic (exact) mass is 324 g/mol. The summed E-state index contributed by atoms with van der Waals surface area (Å²) in [5.41, 5.74) is 0.815. The van der Waals surface area contributed by atoms with Gasteiger partial charge in [0.2, 0.25) is 11.8 Å². The molecule has 1 saturated heterocycles. The Morgan fingerprint density at radius 2 is 1.96 bits per heavy atom. The van der Waals surface area contributed by atoms with Gasteiger partial charge in [-0.05, 0) is 42.2 Å². The summed E-state index contributed by atoms with van der Waals surface area (Å²) in [6, 6.07) is 14.0. The molecule has 126 valence electrons. The Morgan fingerprint density at radius 1 is 1.17 bits per heavy atom. The highest BCUT2D eigenvalue weighted by atomic mass is 16.2. The fraction of sp³-hybridized carbons (Fsp3) is 0.400. The van der Waals surface area contributed by atoms with Crippen LogP contribution in [0.2, 0.25) is 0 Å². The molecule has 24 heavy (non-hydrogen) atoms. The summed E-state index contributed by atoms with van der Waals surface area (Å²) >= 11 is 0. The van der Waals surface area contributed by atoms with Crippen molar-refractivity contribution in [2.75, 3.05) is 18.4 Å². The topological polar surface area (TPSA) is 49.4 Å². The van der Waals surface area contributed by atoms with Crippen molar-refractivity contribution in [3.63, 3.8) is 0 Å². The van der Waals surface area contributed by atoms with Crippen molar-refractivity contribution in [3.05, 3.63) is 42.5 Å². The predicted octanol–water partition coefficient (Wildman–Crippen LogP) is 3.82. The van der Waals surface area contributed by atoms with Gasteiger partial charge in [0.15, 0.2) is 0 Å². The molecular formula is C20H24N2O2. The number of carbonyl (C=O) groups is 2. The molecule has 0 bridgehead atoms. The Hall–Kier alpha value is -2.36. The molecule has 1 fully saturated rings. The number of piperidine rings is 1. The van der Waals surface area contributed by atoms with Gasteiger partial charge in [-0.1, -0.05) is 37.3 Å². The van der Waals surface area contributed by atoms with Crippen LogP contribution in [0.3, 0.4) is 0 Å². The predicted molar refractivity (Wildman–Crippen MR) is 96.8 cm³/mol. The van der Waals surface area contributed by atoms with Crippen molar-refractivity contribution in [1.82, 2.24) is 4.90 Å². The Morgan fingerprint density at radius 3 is 2.75 bits per heavy atom. The van der Waals surface area contributed by atoms with Crippen LogP contribution in [0, 0.1) is 5.92 Å². The van der Waals surface area contributed by atoms with E-state index in [1.165, 1.54) is 0 Å². The van der Waals surface area contributed by atoms with Gasteiger partial charge in [0, 0.05) is 25.2 Å². The lowest BCUT2D eigenvalue weighted by atomic mass is 9.96. The van der Waals surface area contributed by atoms with Crippen LogP contribution in [0.5, 0.6) is 0 Å². The highest BCUT2D eigenvalue weighted by Crippen LogP contribution is 2.22. The third-order valence-corrected chi connectivity index (χ3v) is 4.63. The molecule has 0 spiro atoms. The maximum absolute atomic E-state index is 12.6. The van der Waals surface area contributed by atoms with E-state index in [4.69, 9.17) is 0 Å². The minimum atomic E-state index is -0.119. The molecule has 0 saturated carbocycles. The molecule has 4 heteroatoms. The summed E-state index contributed by atoms with van der Waals surface area (Å²) < 4.78 is 0. The highest BCUT2D eigenvalue weighted by molar-refractivity contribution is 5.96. The third-order valence-electron chi connectivity index (χ3n) is 4.63. The lowest BCUT2D eigenvalue weighted by molar-refractivity contribution is -0.134. The first-order chi connectivity index (χ1) is 11.7. The zero-order valence-electron chi connectivity index (χ0n) is 14.1. The molecule has 2 aromatic carbocycles. The first-order valence-electron chi connectivity index (χ1n) is 8.75. The van der Waals surface area contributed by atoms with Crippen LogP contribution in [-0.4, -0.2) is 29.8 Å². The quantitative estimate of drug-likeness (QED) is 0.929. The van der Waals surface area contributed by atoms with Gasteiger partial charge in [0.25, 0.3) is 0 Å². The van der Waals surface area contributed by atoms with Crippen molar-refractivity contribution in [2.24, 2.45) is 5.92 Å². The maximum atomic E-state index is 12.6. The molecule has 1 aliphatic rings. The summed E-state index contributed by atoms with van der Waals surface area (Å²) in [7, 11) is 0. The second-order valence-electron chi connectivity index (χ2n) is 6.48. The van der Waals surface area contributed by atoms with E-state index in [0.29, 0.717) is 13.0 Å². The molecule has 0 aromatic heterocycles. The first kappa shape index (κ1) is 16.5. The fourth-order valence-corrected chi connectivity index (χ4v) is 3.30. The van der Waals surface area contributed by atoms with Crippen LogP contribution in [0.1, 0.15) is 32.6 Å². The average Bonchev–Trinajstić information content (AvgIpc) is 2.62. The normalized spacial score (nSPS) is 17.7. The number of amides is 2. The van der Waals surface area contributed by atoms with Crippen LogP contribution >= 0.6 is 0 Å². The van der Waals surface area contributed by atoms with Gasteiger partial charge in [0.1, 0.15) is 0 Å². The molecule has 1 unspecified atom stereocenters. The molecule has 1 aliphatic heterocycles. The van der Waals surface area contributed by atoms with E-state index in [2.05, 4.69) is 11.4 Å². The summed E-state index contributed by atoms with van der Waals surface area (Å²) in [5.74, 6) is 0.0611. The van der Waals surface area contributed by atoms with Gasteiger partial charge in [0.05, 0.1) is 5.92 Å². The molecule has 2 aromatic rings. The zero-order chi connectivity index (χ0) is 16.9. The summed E-state index contributed by atoms with van der Waals surface area (Å²) in [5, 5.41) is 5.29. The molecular weight excluding hydrogens is 300 g/mol. The third kappa shape index (κ3) is 3.75. The van der Waals surface area contributed by atoms with Crippen molar-refractivity contribution < 1.29 is 9.59 Å². The molecule has 0 aliphatic carbocycles. The van der Waals surface area contributed by atoms with Crippen LogP contribution in [0.25, 0.3) is 10.8 Å². The summed E-state index contributed by atoms with van der Waals surface area (Å²) in [4.78, 5) is 26.5. The van der Waals surface area contributed by atoms with E-state index < -0.39 is 0 Å². The van der Waals surface area contributed by atoms with E-state index in [1.54, 1.807) is 0 Å². The van der Waals surface area contributed by atoms with Crippen LogP contribution in [0.15, 0.2) is 42.5 Å². The number of benzene rings is 2. The maximum Gasteiger partial charge on any atom is 0.229 e. The van der Waals surface area contributed by atoms with Crippen LogP contribution < -0.4 is 5.32 Å². The fourth-order valence-electron chi connectivity index (χ4n) is 3.30. The Kier molecular flexibility index (Phi) is 5.14. The zero-order valence-corrected chi connectivity index (χ0v) is 14.1. The number of anilines is 1. The summed E-state index contributed by atoms with van der Waals surface area (Å²) in [6.45, 7) is 3.32.